The third-order valence-corrected chi connectivity index (χ3v) is 3.74. The molecule has 0 unspecified atom stereocenters. The zero-order valence-electron chi connectivity index (χ0n) is 11.5. The number of anilines is 1. The molecule has 0 fully saturated rings. The standard InChI is InChI=1S/C14H15N3O3S/c1-10(18)16-13-6-7-21-14(13)9-15-8-11-2-4-12(5-3-11)17(19)20/h2-7,15H,8-9H2,1H3,(H,16,18). The van der Waals surface area contributed by atoms with Crippen molar-refractivity contribution in [3.05, 3.63) is 56.3 Å². The molecule has 0 atom stereocenters. The van der Waals surface area contributed by atoms with Gasteiger partial charge < -0.3 is 10.6 Å². The number of non-ortho nitro benzene ring substituents is 1. The van der Waals surface area contributed by atoms with Gasteiger partial charge in [-0.1, -0.05) is 12.1 Å². The third-order valence-electron chi connectivity index (χ3n) is 2.82. The Morgan fingerprint density at radius 2 is 1.95 bits per heavy atom. The summed E-state index contributed by atoms with van der Waals surface area (Å²) in [6.45, 7) is 2.71. The predicted molar refractivity (Wildman–Crippen MR) is 82.3 cm³/mol. The van der Waals surface area contributed by atoms with Gasteiger partial charge in [0, 0.05) is 37.0 Å². The van der Waals surface area contributed by atoms with E-state index in [0.29, 0.717) is 13.1 Å². The van der Waals surface area contributed by atoms with E-state index in [1.165, 1.54) is 19.1 Å². The van der Waals surface area contributed by atoms with Crippen LogP contribution in [0.1, 0.15) is 17.4 Å². The smallest absolute Gasteiger partial charge is 0.269 e. The second-order valence-corrected chi connectivity index (χ2v) is 5.47. The lowest BCUT2D eigenvalue weighted by Crippen LogP contribution is -2.14. The summed E-state index contributed by atoms with van der Waals surface area (Å²) < 4.78 is 0. The highest BCUT2D eigenvalue weighted by molar-refractivity contribution is 7.10. The SMILES string of the molecule is CC(=O)Nc1ccsc1CNCc1ccc([N+](=O)[O-])cc1. The van der Waals surface area contributed by atoms with Crippen molar-refractivity contribution in [2.24, 2.45) is 0 Å². The number of thiophene rings is 1. The first-order chi connectivity index (χ1) is 10.1. The van der Waals surface area contributed by atoms with Crippen LogP contribution in [0.15, 0.2) is 35.7 Å². The van der Waals surface area contributed by atoms with Crippen LogP contribution in [0.4, 0.5) is 11.4 Å². The van der Waals surface area contributed by atoms with E-state index in [1.807, 2.05) is 11.4 Å². The summed E-state index contributed by atoms with van der Waals surface area (Å²) in [4.78, 5) is 22.3. The molecule has 1 aromatic carbocycles. The molecule has 0 aliphatic carbocycles. The van der Waals surface area contributed by atoms with Crippen molar-refractivity contribution in [3.63, 3.8) is 0 Å². The second-order valence-electron chi connectivity index (χ2n) is 4.47. The van der Waals surface area contributed by atoms with Crippen molar-refractivity contribution < 1.29 is 9.72 Å². The molecule has 1 amide bonds. The van der Waals surface area contributed by atoms with Gasteiger partial charge in [-0.2, -0.15) is 0 Å². The van der Waals surface area contributed by atoms with E-state index < -0.39 is 4.92 Å². The highest BCUT2D eigenvalue weighted by atomic mass is 32.1. The Kier molecular flexibility index (Phi) is 5.02. The molecule has 2 rings (SSSR count). The van der Waals surface area contributed by atoms with Crippen LogP contribution in [0.25, 0.3) is 0 Å². The summed E-state index contributed by atoms with van der Waals surface area (Å²) in [6.07, 6.45) is 0. The Balaban J connectivity index is 1.88. The molecule has 0 aliphatic heterocycles. The quantitative estimate of drug-likeness (QED) is 0.635. The van der Waals surface area contributed by atoms with Gasteiger partial charge in [-0.25, -0.2) is 0 Å². The van der Waals surface area contributed by atoms with Crippen LogP contribution in [-0.4, -0.2) is 10.8 Å². The van der Waals surface area contributed by atoms with Gasteiger partial charge in [0.15, 0.2) is 0 Å². The highest BCUT2D eigenvalue weighted by Gasteiger charge is 2.06. The molecule has 110 valence electrons. The minimum atomic E-state index is -0.414. The highest BCUT2D eigenvalue weighted by Crippen LogP contribution is 2.22. The first-order valence-corrected chi connectivity index (χ1v) is 7.22. The number of nitrogens with zero attached hydrogens (tertiary/aromatic N) is 1. The molecular formula is C14H15N3O3S. The number of hydrogen-bond acceptors (Lipinski definition) is 5. The van der Waals surface area contributed by atoms with Gasteiger partial charge in [0.25, 0.3) is 5.69 Å². The molecule has 0 radical (unpaired) electrons. The van der Waals surface area contributed by atoms with Gasteiger partial charge in [-0.05, 0) is 17.0 Å². The molecule has 21 heavy (non-hydrogen) atoms. The van der Waals surface area contributed by atoms with Crippen LogP contribution in [0.3, 0.4) is 0 Å². The number of rotatable bonds is 6. The van der Waals surface area contributed by atoms with Gasteiger partial charge in [0.1, 0.15) is 0 Å². The molecular weight excluding hydrogens is 290 g/mol. The van der Waals surface area contributed by atoms with E-state index >= 15 is 0 Å². The van der Waals surface area contributed by atoms with E-state index in [9.17, 15) is 14.9 Å². The summed E-state index contributed by atoms with van der Waals surface area (Å²) in [6, 6.07) is 8.31. The van der Waals surface area contributed by atoms with Crippen molar-refractivity contribution in [1.82, 2.24) is 5.32 Å². The maximum atomic E-state index is 11.1. The van der Waals surface area contributed by atoms with Crippen LogP contribution in [0.2, 0.25) is 0 Å². The number of nitrogens with one attached hydrogen (secondary N) is 2. The molecule has 1 aromatic heterocycles. The summed E-state index contributed by atoms with van der Waals surface area (Å²) in [5, 5.41) is 18.5. The van der Waals surface area contributed by atoms with Crippen LogP contribution < -0.4 is 10.6 Å². The Labute approximate surface area is 126 Å². The van der Waals surface area contributed by atoms with Crippen LogP contribution >= 0.6 is 11.3 Å². The van der Waals surface area contributed by atoms with Crippen LogP contribution in [-0.2, 0) is 17.9 Å². The van der Waals surface area contributed by atoms with Crippen molar-refractivity contribution in [1.29, 1.82) is 0 Å². The fourth-order valence-corrected chi connectivity index (χ4v) is 2.63. The fraction of sp³-hybridized carbons (Fsp3) is 0.214. The number of carbonyl (C=O) groups is 1. The van der Waals surface area contributed by atoms with Crippen LogP contribution in [0, 0.1) is 10.1 Å². The normalized spacial score (nSPS) is 10.3. The number of nitro benzene ring substituents is 1. The van der Waals surface area contributed by atoms with Gasteiger partial charge in [0.2, 0.25) is 5.91 Å². The maximum absolute atomic E-state index is 11.1. The number of amides is 1. The monoisotopic (exact) mass is 305 g/mol. The van der Waals surface area contributed by atoms with Gasteiger partial charge >= 0.3 is 0 Å². The Morgan fingerprint density at radius 1 is 1.24 bits per heavy atom. The average Bonchev–Trinajstić information content (AvgIpc) is 2.86. The maximum Gasteiger partial charge on any atom is 0.269 e. The van der Waals surface area contributed by atoms with Gasteiger partial charge in [-0.15, -0.1) is 11.3 Å². The Hall–Kier alpha value is -2.25. The lowest BCUT2D eigenvalue weighted by atomic mass is 10.2. The molecule has 2 aromatic rings. The number of nitro groups is 1. The van der Waals surface area contributed by atoms with E-state index in [4.69, 9.17) is 0 Å². The molecule has 0 saturated carbocycles. The van der Waals surface area contributed by atoms with Gasteiger partial charge in [-0.3, -0.25) is 14.9 Å². The minimum absolute atomic E-state index is 0.0879. The Bertz CT molecular complexity index is 637. The first kappa shape index (κ1) is 15.1. The average molecular weight is 305 g/mol. The van der Waals surface area contributed by atoms with Crippen molar-refractivity contribution >= 4 is 28.6 Å². The first-order valence-electron chi connectivity index (χ1n) is 6.34. The lowest BCUT2D eigenvalue weighted by molar-refractivity contribution is -0.384. The fourth-order valence-electron chi connectivity index (χ4n) is 1.83. The molecule has 1 heterocycles. The van der Waals surface area contributed by atoms with Crippen molar-refractivity contribution in [2.75, 3.05) is 5.32 Å². The zero-order valence-corrected chi connectivity index (χ0v) is 12.3. The van der Waals surface area contributed by atoms with Gasteiger partial charge in [0.05, 0.1) is 10.6 Å². The molecule has 2 N–H and O–H groups in total. The third kappa shape index (κ3) is 4.37. The van der Waals surface area contributed by atoms with Crippen molar-refractivity contribution in [2.45, 2.75) is 20.0 Å². The van der Waals surface area contributed by atoms with E-state index in [1.54, 1.807) is 23.5 Å². The summed E-state index contributed by atoms with van der Waals surface area (Å²) in [5.74, 6) is -0.0926. The molecule has 0 spiro atoms. The molecule has 7 heteroatoms. The van der Waals surface area contributed by atoms with E-state index in [0.717, 1.165) is 16.1 Å². The summed E-state index contributed by atoms with van der Waals surface area (Å²) in [7, 11) is 0. The summed E-state index contributed by atoms with van der Waals surface area (Å²) in [5.41, 5.74) is 1.88. The summed E-state index contributed by atoms with van der Waals surface area (Å²) >= 11 is 1.57. The number of benzene rings is 1. The molecule has 0 aliphatic rings. The largest absolute Gasteiger partial charge is 0.325 e. The second kappa shape index (κ2) is 6.96. The lowest BCUT2D eigenvalue weighted by Gasteiger charge is -2.06. The molecule has 6 nitrogen and oxygen atoms in total. The van der Waals surface area contributed by atoms with Crippen molar-refractivity contribution in [3.8, 4) is 0 Å². The Morgan fingerprint density at radius 3 is 2.57 bits per heavy atom. The van der Waals surface area contributed by atoms with E-state index in [-0.39, 0.29) is 11.6 Å². The predicted octanol–water partition coefficient (Wildman–Crippen LogP) is 2.90. The zero-order chi connectivity index (χ0) is 15.2. The molecule has 0 bridgehead atoms. The van der Waals surface area contributed by atoms with Crippen LogP contribution in [0.5, 0.6) is 0 Å². The molecule has 0 saturated heterocycles. The number of carbonyl (C=O) groups excluding carboxylic acids is 1. The number of hydrogen-bond donors (Lipinski definition) is 2. The van der Waals surface area contributed by atoms with E-state index in [2.05, 4.69) is 10.6 Å². The topological polar surface area (TPSA) is 84.3 Å². The minimum Gasteiger partial charge on any atom is -0.325 e.